The summed E-state index contributed by atoms with van der Waals surface area (Å²) in [6.45, 7) is 15.0. The van der Waals surface area contributed by atoms with Crippen LogP contribution in [0.4, 0.5) is 0 Å². The SMILES string of the molecule is CC(C)(C)C(C)(P)OC(=O)c1ccc(C(=O)OC(C)(C)C(C)(C)N)cc1. The standard InChI is InChI=1S/C20H32NO4P/c1-17(2,3)20(8,26)25-16(23)14-11-9-13(10-12-14)15(22)24-19(6,7)18(4,5)21/h9-12H,21,26H2,1-8H3. The summed E-state index contributed by atoms with van der Waals surface area (Å²) in [5.74, 6) is -0.931. The number of hydrogen-bond acceptors (Lipinski definition) is 5. The van der Waals surface area contributed by atoms with Crippen LogP contribution in [0, 0.1) is 5.41 Å². The number of esters is 2. The predicted molar refractivity (Wildman–Crippen MR) is 107 cm³/mol. The van der Waals surface area contributed by atoms with Crippen LogP contribution >= 0.6 is 9.24 Å². The smallest absolute Gasteiger partial charge is 0.339 e. The molecule has 0 spiro atoms. The fourth-order valence-corrected chi connectivity index (χ4v) is 1.68. The molecule has 0 aliphatic rings. The van der Waals surface area contributed by atoms with Crippen molar-refractivity contribution in [2.24, 2.45) is 11.1 Å². The first kappa shape index (κ1) is 22.6. The molecule has 2 N–H and O–H groups in total. The number of nitrogens with two attached hydrogens (primary N) is 1. The van der Waals surface area contributed by atoms with E-state index in [1.165, 1.54) is 0 Å². The predicted octanol–water partition coefficient (Wildman–Crippen LogP) is 4.15. The topological polar surface area (TPSA) is 78.6 Å². The Balaban J connectivity index is 2.89. The molecule has 0 saturated heterocycles. The first-order valence-corrected chi connectivity index (χ1v) is 9.20. The maximum absolute atomic E-state index is 12.4. The summed E-state index contributed by atoms with van der Waals surface area (Å²) >= 11 is 0. The van der Waals surface area contributed by atoms with E-state index in [1.807, 2.05) is 27.7 Å². The maximum Gasteiger partial charge on any atom is 0.339 e. The molecule has 1 aromatic rings. The highest BCUT2D eigenvalue weighted by atomic mass is 31.0. The zero-order valence-electron chi connectivity index (χ0n) is 17.1. The van der Waals surface area contributed by atoms with Crippen molar-refractivity contribution in [3.05, 3.63) is 35.4 Å². The lowest BCUT2D eigenvalue weighted by Gasteiger charge is -2.38. The van der Waals surface area contributed by atoms with Crippen LogP contribution in [0.2, 0.25) is 0 Å². The van der Waals surface area contributed by atoms with E-state index in [1.54, 1.807) is 52.0 Å². The molecule has 0 aromatic heterocycles. The van der Waals surface area contributed by atoms with Crippen LogP contribution in [0.15, 0.2) is 24.3 Å². The van der Waals surface area contributed by atoms with Crippen LogP contribution in [0.25, 0.3) is 0 Å². The molecule has 2 atom stereocenters. The summed E-state index contributed by atoms with van der Waals surface area (Å²) in [4.78, 5) is 24.7. The molecule has 5 nitrogen and oxygen atoms in total. The molecule has 0 heterocycles. The number of hydrogen-bond donors (Lipinski definition) is 1. The Morgan fingerprint density at radius 2 is 1.15 bits per heavy atom. The van der Waals surface area contributed by atoms with Crippen LogP contribution in [0.1, 0.15) is 76.1 Å². The zero-order valence-corrected chi connectivity index (χ0v) is 18.3. The summed E-state index contributed by atoms with van der Waals surface area (Å²) in [5, 5.41) is -0.710. The van der Waals surface area contributed by atoms with Crippen molar-refractivity contribution in [1.29, 1.82) is 0 Å². The number of ether oxygens (including phenoxy) is 2. The van der Waals surface area contributed by atoms with Gasteiger partial charge in [-0.05, 0) is 58.9 Å². The third kappa shape index (κ3) is 5.28. The molecule has 0 amide bonds. The molecule has 6 heteroatoms. The van der Waals surface area contributed by atoms with Crippen molar-refractivity contribution in [2.45, 2.75) is 71.9 Å². The summed E-state index contributed by atoms with van der Waals surface area (Å²) in [6.07, 6.45) is 0. The van der Waals surface area contributed by atoms with Crippen molar-refractivity contribution in [1.82, 2.24) is 0 Å². The molecule has 146 valence electrons. The molecule has 26 heavy (non-hydrogen) atoms. The van der Waals surface area contributed by atoms with Crippen molar-refractivity contribution in [3.8, 4) is 0 Å². The van der Waals surface area contributed by atoms with Gasteiger partial charge < -0.3 is 15.2 Å². The molecule has 2 unspecified atom stereocenters. The van der Waals surface area contributed by atoms with Gasteiger partial charge in [-0.1, -0.05) is 30.0 Å². The Morgan fingerprint density at radius 3 is 1.46 bits per heavy atom. The first-order chi connectivity index (χ1) is 11.5. The molecule has 0 bridgehead atoms. The van der Waals surface area contributed by atoms with E-state index in [2.05, 4.69) is 9.24 Å². The van der Waals surface area contributed by atoms with E-state index in [9.17, 15) is 9.59 Å². The minimum Gasteiger partial charge on any atom is -0.454 e. The van der Waals surface area contributed by atoms with Crippen molar-refractivity contribution < 1.29 is 19.1 Å². The summed E-state index contributed by atoms with van der Waals surface area (Å²) < 4.78 is 11.1. The molecule has 0 fully saturated rings. The van der Waals surface area contributed by atoms with Crippen LogP contribution in [-0.2, 0) is 9.47 Å². The van der Waals surface area contributed by atoms with Crippen molar-refractivity contribution in [3.63, 3.8) is 0 Å². The minimum absolute atomic E-state index is 0.238. The van der Waals surface area contributed by atoms with Crippen LogP contribution in [0.5, 0.6) is 0 Å². The van der Waals surface area contributed by atoms with Crippen LogP contribution in [-0.4, -0.2) is 28.4 Å². The van der Waals surface area contributed by atoms with Gasteiger partial charge in [0.15, 0.2) is 0 Å². The quantitative estimate of drug-likeness (QED) is 0.612. The van der Waals surface area contributed by atoms with Gasteiger partial charge in [-0.25, -0.2) is 9.59 Å². The molecule has 0 aliphatic heterocycles. The van der Waals surface area contributed by atoms with Crippen LogP contribution in [0.3, 0.4) is 0 Å². The molecular formula is C20H32NO4P. The largest absolute Gasteiger partial charge is 0.454 e. The highest BCUT2D eigenvalue weighted by Crippen LogP contribution is 2.39. The van der Waals surface area contributed by atoms with Gasteiger partial charge in [0.05, 0.1) is 11.1 Å². The van der Waals surface area contributed by atoms with Gasteiger partial charge in [-0.2, -0.15) is 0 Å². The second kappa shape index (κ2) is 7.28. The number of carbonyl (C=O) groups excluding carboxylic acids is 2. The van der Waals surface area contributed by atoms with Gasteiger partial charge in [0.2, 0.25) is 0 Å². The Kier molecular flexibility index (Phi) is 6.33. The lowest BCUT2D eigenvalue weighted by atomic mass is 9.87. The molecule has 0 radical (unpaired) electrons. The fraction of sp³-hybridized carbons (Fsp3) is 0.600. The van der Waals surface area contributed by atoms with Gasteiger partial charge in [-0.15, -0.1) is 0 Å². The summed E-state index contributed by atoms with van der Waals surface area (Å²) in [7, 11) is 2.58. The highest BCUT2D eigenvalue weighted by molar-refractivity contribution is 7.18. The third-order valence-electron chi connectivity index (χ3n) is 5.05. The van der Waals surface area contributed by atoms with Crippen molar-refractivity contribution >= 4 is 21.2 Å². The number of carbonyl (C=O) groups is 2. The third-order valence-corrected chi connectivity index (χ3v) is 6.03. The van der Waals surface area contributed by atoms with Gasteiger partial charge in [0.1, 0.15) is 10.9 Å². The van der Waals surface area contributed by atoms with E-state index in [0.717, 1.165) is 0 Å². The Bertz CT molecular complexity index is 606. The second-order valence-electron chi connectivity index (χ2n) is 8.95. The average molecular weight is 381 g/mol. The minimum atomic E-state index is -0.838. The molecule has 0 saturated carbocycles. The highest BCUT2D eigenvalue weighted by Gasteiger charge is 2.38. The summed E-state index contributed by atoms with van der Waals surface area (Å²) in [5.41, 5.74) is 5.01. The van der Waals surface area contributed by atoms with E-state index in [4.69, 9.17) is 15.2 Å². The van der Waals surface area contributed by atoms with E-state index in [-0.39, 0.29) is 5.41 Å². The monoisotopic (exact) mass is 381 g/mol. The normalized spacial score (nSPS) is 15.2. The Labute approximate surface area is 159 Å². The molecule has 0 aliphatic carbocycles. The molecule has 1 rings (SSSR count). The van der Waals surface area contributed by atoms with Gasteiger partial charge in [0, 0.05) is 11.0 Å². The van der Waals surface area contributed by atoms with Gasteiger partial charge in [-0.3, -0.25) is 0 Å². The molecular weight excluding hydrogens is 349 g/mol. The number of rotatable bonds is 5. The zero-order chi connectivity index (χ0) is 20.6. The van der Waals surface area contributed by atoms with E-state index >= 15 is 0 Å². The van der Waals surface area contributed by atoms with Gasteiger partial charge >= 0.3 is 11.9 Å². The number of benzene rings is 1. The second-order valence-corrected chi connectivity index (χ2v) is 10.0. The Morgan fingerprint density at radius 1 is 0.808 bits per heavy atom. The first-order valence-electron chi connectivity index (χ1n) is 8.62. The average Bonchev–Trinajstić information content (AvgIpc) is 2.44. The Hall–Kier alpha value is -1.45. The lowest BCUT2D eigenvalue weighted by molar-refractivity contribution is -0.0316. The maximum atomic E-state index is 12.4. The lowest BCUT2D eigenvalue weighted by Crippen LogP contribution is -2.55. The fourth-order valence-electron chi connectivity index (χ4n) is 1.57. The van der Waals surface area contributed by atoms with Crippen LogP contribution < -0.4 is 5.73 Å². The van der Waals surface area contributed by atoms with Gasteiger partial charge in [0.25, 0.3) is 0 Å². The molecule has 1 aromatic carbocycles. The van der Waals surface area contributed by atoms with Crippen molar-refractivity contribution in [2.75, 3.05) is 0 Å². The summed E-state index contributed by atoms with van der Waals surface area (Å²) in [6, 6.07) is 6.22. The van der Waals surface area contributed by atoms with E-state index < -0.39 is 28.4 Å². The van der Waals surface area contributed by atoms with E-state index in [0.29, 0.717) is 11.1 Å².